The zero-order valence-electron chi connectivity index (χ0n) is 15.7. The number of carbonyl (C=O) groups excluding carboxylic acids is 2. The Kier molecular flexibility index (Phi) is 4.93. The van der Waals surface area contributed by atoms with Crippen LogP contribution in [0.3, 0.4) is 0 Å². The zero-order chi connectivity index (χ0) is 19.5. The Hall–Kier alpha value is -3.41. The summed E-state index contributed by atoms with van der Waals surface area (Å²) in [7, 11) is 0. The van der Waals surface area contributed by atoms with Gasteiger partial charge in [0.25, 0.3) is 5.91 Å². The Bertz CT molecular complexity index is 994. The lowest BCUT2D eigenvalue weighted by Crippen LogP contribution is -2.27. The predicted octanol–water partition coefficient (Wildman–Crippen LogP) is 3.31. The number of carbonyl (C=O) groups is 2. The van der Waals surface area contributed by atoms with Gasteiger partial charge in [-0.25, -0.2) is 0 Å². The zero-order valence-corrected chi connectivity index (χ0v) is 15.7. The molecule has 0 saturated carbocycles. The number of H-pyrrole nitrogens is 1. The lowest BCUT2D eigenvalue weighted by atomic mass is 10.1. The maximum atomic E-state index is 12.5. The summed E-state index contributed by atoms with van der Waals surface area (Å²) in [5.41, 5.74) is 5.65. The molecule has 4 rings (SSSR count). The number of fused-ring (bicyclic) bond motifs is 1. The molecule has 0 radical (unpaired) electrons. The second-order valence-corrected chi connectivity index (χ2v) is 6.84. The largest absolute Gasteiger partial charge is 0.348 e. The van der Waals surface area contributed by atoms with E-state index in [4.69, 9.17) is 0 Å². The third-order valence-electron chi connectivity index (χ3n) is 5.06. The van der Waals surface area contributed by atoms with Gasteiger partial charge in [0, 0.05) is 37.0 Å². The van der Waals surface area contributed by atoms with Gasteiger partial charge in [0.2, 0.25) is 5.91 Å². The topological polar surface area (TPSA) is 78.1 Å². The summed E-state index contributed by atoms with van der Waals surface area (Å²) in [5, 5.41) is 9.85. The first-order valence-electron chi connectivity index (χ1n) is 9.46. The van der Waals surface area contributed by atoms with Crippen molar-refractivity contribution in [2.45, 2.75) is 26.3 Å². The average Bonchev–Trinajstić information content (AvgIpc) is 3.41. The monoisotopic (exact) mass is 374 g/mol. The maximum absolute atomic E-state index is 12.5. The van der Waals surface area contributed by atoms with E-state index in [1.165, 1.54) is 0 Å². The minimum Gasteiger partial charge on any atom is -0.348 e. The third kappa shape index (κ3) is 3.53. The average molecular weight is 374 g/mol. The van der Waals surface area contributed by atoms with E-state index in [0.29, 0.717) is 25.1 Å². The van der Waals surface area contributed by atoms with Crippen molar-refractivity contribution in [2.75, 3.05) is 11.4 Å². The molecule has 2 amide bonds. The molecule has 2 N–H and O–H groups in total. The van der Waals surface area contributed by atoms with Crippen LogP contribution in [0.25, 0.3) is 11.3 Å². The van der Waals surface area contributed by atoms with E-state index < -0.39 is 0 Å². The molecule has 0 saturated heterocycles. The Labute approximate surface area is 163 Å². The van der Waals surface area contributed by atoms with E-state index in [-0.39, 0.29) is 11.8 Å². The van der Waals surface area contributed by atoms with Crippen molar-refractivity contribution >= 4 is 17.5 Å². The van der Waals surface area contributed by atoms with E-state index in [0.717, 1.165) is 34.5 Å². The van der Waals surface area contributed by atoms with Gasteiger partial charge < -0.3 is 10.2 Å². The number of hydrogen-bond acceptors (Lipinski definition) is 3. The molecule has 0 fully saturated rings. The second kappa shape index (κ2) is 7.68. The van der Waals surface area contributed by atoms with Crippen molar-refractivity contribution in [3.8, 4) is 11.3 Å². The molecule has 28 heavy (non-hydrogen) atoms. The fraction of sp³-hybridized carbons (Fsp3) is 0.227. The van der Waals surface area contributed by atoms with Crippen LogP contribution >= 0.6 is 0 Å². The lowest BCUT2D eigenvalue weighted by Gasteiger charge is -2.16. The summed E-state index contributed by atoms with van der Waals surface area (Å²) in [6.45, 7) is 3.01. The van der Waals surface area contributed by atoms with Crippen LogP contribution in [0.2, 0.25) is 0 Å². The van der Waals surface area contributed by atoms with Crippen LogP contribution in [0.15, 0.2) is 54.7 Å². The fourth-order valence-electron chi connectivity index (χ4n) is 3.50. The van der Waals surface area contributed by atoms with Crippen LogP contribution < -0.4 is 10.2 Å². The van der Waals surface area contributed by atoms with Crippen molar-refractivity contribution in [1.82, 2.24) is 15.5 Å². The van der Waals surface area contributed by atoms with E-state index in [9.17, 15) is 9.59 Å². The van der Waals surface area contributed by atoms with Gasteiger partial charge in [-0.05, 0) is 47.4 Å². The van der Waals surface area contributed by atoms with Crippen molar-refractivity contribution in [1.29, 1.82) is 0 Å². The number of aromatic amines is 1. The second-order valence-electron chi connectivity index (χ2n) is 6.84. The van der Waals surface area contributed by atoms with Gasteiger partial charge in [-0.15, -0.1) is 0 Å². The molecular weight excluding hydrogens is 352 g/mol. The van der Waals surface area contributed by atoms with E-state index in [2.05, 4.69) is 15.5 Å². The van der Waals surface area contributed by atoms with Crippen molar-refractivity contribution in [2.24, 2.45) is 0 Å². The van der Waals surface area contributed by atoms with E-state index >= 15 is 0 Å². The standard InChI is InChI=1S/C22H22N4O2/c1-2-21(27)26-12-10-17-13-18(7-8-20(17)26)22(28)23-14-15-3-5-16(6-4-15)19-9-11-24-25-19/h3-9,11,13H,2,10,12,14H2,1H3,(H,23,28)(H,24,25). The summed E-state index contributed by atoms with van der Waals surface area (Å²) in [5.74, 6) is 0.00948. The van der Waals surface area contributed by atoms with Gasteiger partial charge in [0.05, 0.1) is 5.69 Å². The van der Waals surface area contributed by atoms with Gasteiger partial charge >= 0.3 is 0 Å². The highest BCUT2D eigenvalue weighted by Crippen LogP contribution is 2.29. The number of benzene rings is 2. The molecule has 6 heteroatoms. The summed E-state index contributed by atoms with van der Waals surface area (Å²) in [6.07, 6.45) is 3.00. The molecule has 1 aliphatic rings. The number of nitrogens with one attached hydrogen (secondary N) is 2. The summed E-state index contributed by atoms with van der Waals surface area (Å²) in [6, 6.07) is 15.5. The first-order chi connectivity index (χ1) is 13.7. The van der Waals surface area contributed by atoms with E-state index in [1.807, 2.05) is 49.4 Å². The van der Waals surface area contributed by atoms with Crippen LogP contribution in [0, 0.1) is 0 Å². The molecule has 142 valence electrons. The quantitative estimate of drug-likeness (QED) is 0.719. The van der Waals surface area contributed by atoms with Crippen molar-refractivity contribution < 1.29 is 9.59 Å². The van der Waals surface area contributed by atoms with Crippen LogP contribution in [0.5, 0.6) is 0 Å². The van der Waals surface area contributed by atoms with Crippen LogP contribution in [-0.2, 0) is 17.8 Å². The number of hydrogen-bond donors (Lipinski definition) is 2. The summed E-state index contributed by atoms with van der Waals surface area (Å²) in [4.78, 5) is 26.3. The highest BCUT2D eigenvalue weighted by Gasteiger charge is 2.24. The predicted molar refractivity (Wildman–Crippen MR) is 108 cm³/mol. The smallest absolute Gasteiger partial charge is 0.251 e. The SMILES string of the molecule is CCC(=O)N1CCc2cc(C(=O)NCc3ccc(-c4ccn[nH]4)cc3)ccc21. The Morgan fingerprint density at radius 3 is 2.68 bits per heavy atom. The van der Waals surface area contributed by atoms with Gasteiger partial charge in [0.1, 0.15) is 0 Å². The first kappa shape index (κ1) is 18.0. The minimum atomic E-state index is -0.110. The fourth-order valence-corrected chi connectivity index (χ4v) is 3.50. The van der Waals surface area contributed by atoms with Crippen LogP contribution in [-0.4, -0.2) is 28.6 Å². The highest BCUT2D eigenvalue weighted by atomic mass is 16.2. The third-order valence-corrected chi connectivity index (χ3v) is 5.06. The number of rotatable bonds is 5. The molecule has 3 aromatic rings. The number of amides is 2. The van der Waals surface area contributed by atoms with Crippen LogP contribution in [0.4, 0.5) is 5.69 Å². The maximum Gasteiger partial charge on any atom is 0.251 e. The Morgan fingerprint density at radius 2 is 1.96 bits per heavy atom. The molecule has 2 heterocycles. The molecular formula is C22H22N4O2. The molecule has 1 aromatic heterocycles. The van der Waals surface area contributed by atoms with Gasteiger partial charge in [0.15, 0.2) is 0 Å². The summed E-state index contributed by atoms with van der Waals surface area (Å²) < 4.78 is 0. The Balaban J connectivity index is 1.40. The van der Waals surface area contributed by atoms with E-state index in [1.54, 1.807) is 17.2 Å². The highest BCUT2D eigenvalue weighted by molar-refractivity contribution is 5.98. The molecule has 0 bridgehead atoms. The van der Waals surface area contributed by atoms with Gasteiger partial charge in [-0.2, -0.15) is 5.10 Å². The summed E-state index contributed by atoms with van der Waals surface area (Å²) >= 11 is 0. The molecule has 6 nitrogen and oxygen atoms in total. The molecule has 2 aromatic carbocycles. The van der Waals surface area contributed by atoms with Crippen molar-refractivity contribution in [3.05, 3.63) is 71.4 Å². The molecule has 0 aliphatic carbocycles. The number of anilines is 1. The minimum absolute atomic E-state index is 0.110. The number of aromatic nitrogens is 2. The Morgan fingerprint density at radius 1 is 1.14 bits per heavy atom. The molecule has 0 unspecified atom stereocenters. The van der Waals surface area contributed by atoms with Gasteiger partial charge in [-0.1, -0.05) is 31.2 Å². The molecule has 0 atom stereocenters. The normalized spacial score (nSPS) is 12.7. The molecule has 1 aliphatic heterocycles. The molecule has 0 spiro atoms. The lowest BCUT2D eigenvalue weighted by molar-refractivity contribution is -0.118. The number of nitrogens with zero attached hydrogens (tertiary/aromatic N) is 2. The first-order valence-corrected chi connectivity index (χ1v) is 9.46. The van der Waals surface area contributed by atoms with Crippen LogP contribution in [0.1, 0.15) is 34.8 Å². The van der Waals surface area contributed by atoms with Gasteiger partial charge in [-0.3, -0.25) is 14.7 Å². The van der Waals surface area contributed by atoms with Crippen molar-refractivity contribution in [3.63, 3.8) is 0 Å².